The summed E-state index contributed by atoms with van der Waals surface area (Å²) < 4.78 is 11.7. The quantitative estimate of drug-likeness (QED) is 0.415. The Morgan fingerprint density at radius 1 is 1.22 bits per heavy atom. The van der Waals surface area contributed by atoms with E-state index in [-0.39, 0.29) is 23.8 Å². The molecule has 1 aromatic carbocycles. The fourth-order valence-electron chi connectivity index (χ4n) is 6.88. The number of nitrogens with one attached hydrogen (secondary N) is 2. The summed E-state index contributed by atoms with van der Waals surface area (Å²) in [4.78, 5) is 43.0. The smallest absolute Gasteiger partial charge is 0.246 e. The van der Waals surface area contributed by atoms with Gasteiger partial charge in [-0.2, -0.15) is 0 Å². The number of likely N-dealkylation sites (tertiary alicyclic amines) is 1. The molecular formula is C29H39N3O5. The maximum absolute atomic E-state index is 13.9. The molecule has 8 heteroatoms. The number of fused-ring (bicyclic) bond motifs is 1. The Bertz CT molecular complexity index is 1090. The zero-order valence-electron chi connectivity index (χ0n) is 22.2. The fraction of sp³-hybridized carbons (Fsp3) is 0.621. The SMILES string of the molecule is COCCCN1C(=O)C2C(C(=O)Nc3cccc(C)c3)C3C=CC2(O3)C1C(=O)NC1CCCC(C)C1C. The number of ether oxygens (including phenoxy) is 2. The molecule has 8 atom stereocenters. The number of hydrogen-bond donors (Lipinski definition) is 2. The first kappa shape index (κ1) is 25.9. The zero-order valence-corrected chi connectivity index (χ0v) is 22.2. The number of rotatable bonds is 8. The second kappa shape index (κ2) is 10.2. The number of anilines is 1. The molecule has 5 rings (SSSR count). The average Bonchev–Trinajstić information content (AvgIpc) is 3.50. The third kappa shape index (κ3) is 4.48. The largest absolute Gasteiger partial charge is 0.385 e. The molecule has 0 aromatic heterocycles. The predicted molar refractivity (Wildman–Crippen MR) is 140 cm³/mol. The van der Waals surface area contributed by atoms with Gasteiger partial charge in [0.05, 0.1) is 17.9 Å². The van der Waals surface area contributed by atoms with Gasteiger partial charge in [0.15, 0.2) is 0 Å². The lowest BCUT2D eigenvalue weighted by atomic mass is 9.73. The van der Waals surface area contributed by atoms with E-state index in [2.05, 4.69) is 24.5 Å². The molecule has 2 N–H and O–H groups in total. The van der Waals surface area contributed by atoms with Crippen molar-refractivity contribution in [3.05, 3.63) is 42.0 Å². The van der Waals surface area contributed by atoms with Gasteiger partial charge in [-0.25, -0.2) is 0 Å². The lowest BCUT2D eigenvalue weighted by Gasteiger charge is -2.38. The van der Waals surface area contributed by atoms with Crippen LogP contribution in [-0.4, -0.2) is 66.7 Å². The van der Waals surface area contributed by atoms with Gasteiger partial charge in [-0.3, -0.25) is 14.4 Å². The molecule has 1 aromatic rings. The van der Waals surface area contributed by atoms with Gasteiger partial charge in [-0.15, -0.1) is 0 Å². The van der Waals surface area contributed by atoms with Crippen molar-refractivity contribution in [1.82, 2.24) is 10.2 Å². The summed E-state index contributed by atoms with van der Waals surface area (Å²) in [5.41, 5.74) is 0.572. The third-order valence-corrected chi connectivity index (χ3v) is 8.99. The highest BCUT2D eigenvalue weighted by atomic mass is 16.5. The van der Waals surface area contributed by atoms with Crippen LogP contribution in [0.15, 0.2) is 36.4 Å². The molecule has 200 valence electrons. The van der Waals surface area contributed by atoms with Crippen molar-refractivity contribution in [2.75, 3.05) is 25.6 Å². The standard InChI is InChI=1S/C29H39N3O5/c1-17-8-5-10-20(16-17)30-26(33)23-22-12-13-29(37-22)24(23)28(35)32(14-7-15-36-4)25(29)27(34)31-21-11-6-9-18(2)19(21)3/h5,8,10,12-13,16,18-19,21-25H,6-7,9,11,14-15H2,1-4H3,(H,30,33)(H,31,34). The van der Waals surface area contributed by atoms with E-state index in [1.54, 1.807) is 12.0 Å². The second-order valence-electron chi connectivity index (χ2n) is 11.3. The number of benzene rings is 1. The summed E-state index contributed by atoms with van der Waals surface area (Å²) in [5.74, 6) is -1.20. The minimum absolute atomic E-state index is 0.0608. The Labute approximate surface area is 219 Å². The van der Waals surface area contributed by atoms with Gasteiger partial charge in [-0.1, -0.05) is 51.0 Å². The molecule has 1 saturated carbocycles. The summed E-state index contributed by atoms with van der Waals surface area (Å²) >= 11 is 0. The molecule has 3 heterocycles. The van der Waals surface area contributed by atoms with Crippen molar-refractivity contribution in [2.45, 2.75) is 70.2 Å². The Hall–Kier alpha value is -2.71. The van der Waals surface area contributed by atoms with Crippen LogP contribution in [0.3, 0.4) is 0 Å². The van der Waals surface area contributed by atoms with Gasteiger partial charge < -0.3 is 25.0 Å². The normalized spacial score (nSPS) is 36.1. The van der Waals surface area contributed by atoms with E-state index in [0.29, 0.717) is 37.1 Å². The first-order chi connectivity index (χ1) is 17.8. The minimum Gasteiger partial charge on any atom is -0.385 e. The van der Waals surface area contributed by atoms with Crippen LogP contribution >= 0.6 is 0 Å². The molecule has 1 aliphatic carbocycles. The first-order valence-electron chi connectivity index (χ1n) is 13.6. The molecule has 2 bridgehead atoms. The Kier molecular flexibility index (Phi) is 7.16. The Morgan fingerprint density at radius 3 is 2.78 bits per heavy atom. The van der Waals surface area contributed by atoms with Crippen LogP contribution in [0.4, 0.5) is 5.69 Å². The highest BCUT2D eigenvalue weighted by molar-refractivity contribution is 6.02. The maximum Gasteiger partial charge on any atom is 0.246 e. The lowest BCUT2D eigenvalue weighted by Crippen LogP contribution is -2.58. The lowest BCUT2D eigenvalue weighted by molar-refractivity contribution is -0.141. The number of carbonyl (C=O) groups excluding carboxylic acids is 3. The highest BCUT2D eigenvalue weighted by Gasteiger charge is 2.72. The van der Waals surface area contributed by atoms with Crippen LogP contribution in [0, 0.1) is 30.6 Å². The van der Waals surface area contributed by atoms with Gasteiger partial charge in [-0.05, 0) is 49.3 Å². The van der Waals surface area contributed by atoms with Crippen LogP contribution in [0.2, 0.25) is 0 Å². The topological polar surface area (TPSA) is 97.0 Å². The van der Waals surface area contributed by atoms with E-state index < -0.39 is 29.6 Å². The Morgan fingerprint density at radius 2 is 2.03 bits per heavy atom. The average molecular weight is 510 g/mol. The first-order valence-corrected chi connectivity index (χ1v) is 13.6. The number of methoxy groups -OCH3 is 1. The molecule has 3 amide bonds. The third-order valence-electron chi connectivity index (χ3n) is 8.99. The van der Waals surface area contributed by atoms with Crippen LogP contribution in [0.1, 0.15) is 45.1 Å². The number of carbonyl (C=O) groups is 3. The second-order valence-corrected chi connectivity index (χ2v) is 11.3. The van der Waals surface area contributed by atoms with Gasteiger partial charge in [0.1, 0.15) is 11.6 Å². The van der Waals surface area contributed by atoms with Gasteiger partial charge >= 0.3 is 0 Å². The van der Waals surface area contributed by atoms with E-state index in [1.165, 1.54) is 0 Å². The van der Waals surface area contributed by atoms with E-state index in [1.807, 2.05) is 43.3 Å². The van der Waals surface area contributed by atoms with Crippen molar-refractivity contribution in [3.63, 3.8) is 0 Å². The van der Waals surface area contributed by atoms with E-state index in [9.17, 15) is 14.4 Å². The summed E-state index contributed by atoms with van der Waals surface area (Å²) in [6.07, 6.45) is 6.95. The van der Waals surface area contributed by atoms with Crippen LogP contribution in [0.25, 0.3) is 0 Å². The molecule has 3 aliphatic heterocycles. The van der Waals surface area contributed by atoms with Crippen molar-refractivity contribution >= 4 is 23.4 Å². The summed E-state index contributed by atoms with van der Waals surface area (Å²) in [5, 5.41) is 6.27. The summed E-state index contributed by atoms with van der Waals surface area (Å²) in [7, 11) is 1.62. The van der Waals surface area contributed by atoms with Crippen molar-refractivity contribution in [2.24, 2.45) is 23.7 Å². The van der Waals surface area contributed by atoms with Gasteiger partial charge in [0.2, 0.25) is 17.7 Å². The maximum atomic E-state index is 13.9. The number of amides is 3. The number of hydrogen-bond acceptors (Lipinski definition) is 5. The number of nitrogens with zero attached hydrogens (tertiary/aromatic N) is 1. The Balaban J connectivity index is 1.42. The summed E-state index contributed by atoms with van der Waals surface area (Å²) in [6, 6.07) is 6.82. The van der Waals surface area contributed by atoms with Crippen LogP contribution in [0.5, 0.6) is 0 Å². The van der Waals surface area contributed by atoms with E-state index >= 15 is 0 Å². The minimum atomic E-state index is -1.14. The molecule has 8 unspecified atom stereocenters. The van der Waals surface area contributed by atoms with Crippen LogP contribution in [-0.2, 0) is 23.9 Å². The predicted octanol–water partition coefficient (Wildman–Crippen LogP) is 3.06. The molecule has 0 radical (unpaired) electrons. The van der Waals surface area contributed by atoms with Crippen molar-refractivity contribution in [3.8, 4) is 0 Å². The number of aryl methyl sites for hydroxylation is 1. The van der Waals surface area contributed by atoms with Crippen molar-refractivity contribution < 1.29 is 23.9 Å². The molecule has 3 fully saturated rings. The molecule has 8 nitrogen and oxygen atoms in total. The van der Waals surface area contributed by atoms with Crippen LogP contribution < -0.4 is 10.6 Å². The summed E-state index contributed by atoms with van der Waals surface area (Å²) in [6.45, 7) is 7.23. The van der Waals surface area contributed by atoms with Gasteiger partial charge in [0, 0.05) is 32.0 Å². The van der Waals surface area contributed by atoms with Crippen molar-refractivity contribution in [1.29, 1.82) is 0 Å². The molecule has 2 saturated heterocycles. The van der Waals surface area contributed by atoms with E-state index in [4.69, 9.17) is 9.47 Å². The van der Waals surface area contributed by atoms with E-state index in [0.717, 1.165) is 24.8 Å². The molecule has 4 aliphatic rings. The molecular weight excluding hydrogens is 470 g/mol. The molecule has 37 heavy (non-hydrogen) atoms. The molecule has 1 spiro atoms. The fourth-order valence-corrected chi connectivity index (χ4v) is 6.88. The zero-order chi connectivity index (χ0) is 26.3. The monoisotopic (exact) mass is 509 g/mol. The highest BCUT2D eigenvalue weighted by Crippen LogP contribution is 2.55. The van der Waals surface area contributed by atoms with Gasteiger partial charge in [0.25, 0.3) is 0 Å².